The number of benzene rings is 1. The molecule has 114 valence electrons. The van der Waals surface area contributed by atoms with Crippen LogP contribution in [0.25, 0.3) is 0 Å². The van der Waals surface area contributed by atoms with E-state index in [4.69, 9.17) is 4.74 Å². The Balaban J connectivity index is 1.55. The predicted molar refractivity (Wildman–Crippen MR) is 83.5 cm³/mol. The summed E-state index contributed by atoms with van der Waals surface area (Å²) in [7, 11) is 0. The lowest BCUT2D eigenvalue weighted by molar-refractivity contribution is -0.120. The zero-order chi connectivity index (χ0) is 14.7. The van der Waals surface area contributed by atoms with Crippen molar-refractivity contribution in [3.05, 3.63) is 24.3 Å². The van der Waals surface area contributed by atoms with E-state index in [1.807, 2.05) is 24.3 Å². The number of rotatable bonds is 4. The normalized spacial score (nSPS) is 26.0. The van der Waals surface area contributed by atoms with Crippen LogP contribution in [-0.4, -0.2) is 25.1 Å². The summed E-state index contributed by atoms with van der Waals surface area (Å²) in [5.41, 5.74) is 0.845. The molecule has 0 unspecified atom stereocenters. The van der Waals surface area contributed by atoms with E-state index in [1.54, 1.807) is 0 Å². The van der Waals surface area contributed by atoms with Gasteiger partial charge in [0.15, 0.2) is 0 Å². The van der Waals surface area contributed by atoms with Crippen molar-refractivity contribution in [3.8, 4) is 5.75 Å². The Morgan fingerprint density at radius 1 is 1.19 bits per heavy atom. The van der Waals surface area contributed by atoms with E-state index in [9.17, 15) is 4.79 Å². The zero-order valence-corrected chi connectivity index (χ0v) is 12.6. The fourth-order valence-electron chi connectivity index (χ4n) is 3.21. The smallest absolute Gasteiger partial charge is 0.229 e. The lowest BCUT2D eigenvalue weighted by atomic mass is 9.97. The largest absolute Gasteiger partial charge is 0.490 e. The fourth-order valence-corrected chi connectivity index (χ4v) is 3.21. The SMILES string of the molecule is C[C@@H]1CNC[C@H]1C(=O)Nc1ccc(OC2CCCC2)cc1. The molecule has 1 aromatic carbocycles. The number of nitrogens with one attached hydrogen (secondary N) is 2. The second-order valence-electron chi connectivity index (χ2n) is 6.28. The summed E-state index contributed by atoms with van der Waals surface area (Å²) in [5, 5.41) is 6.26. The van der Waals surface area contributed by atoms with Crippen LogP contribution in [0, 0.1) is 11.8 Å². The van der Waals surface area contributed by atoms with Gasteiger partial charge in [0.05, 0.1) is 12.0 Å². The molecule has 2 atom stereocenters. The summed E-state index contributed by atoms with van der Waals surface area (Å²) >= 11 is 0. The number of amides is 1. The van der Waals surface area contributed by atoms with Gasteiger partial charge in [-0.3, -0.25) is 4.79 Å². The highest BCUT2D eigenvalue weighted by Gasteiger charge is 2.29. The van der Waals surface area contributed by atoms with Crippen molar-refractivity contribution in [3.63, 3.8) is 0 Å². The molecule has 4 nitrogen and oxygen atoms in total. The summed E-state index contributed by atoms with van der Waals surface area (Å²) in [5.74, 6) is 1.47. The van der Waals surface area contributed by atoms with E-state index >= 15 is 0 Å². The molecule has 0 radical (unpaired) electrons. The molecule has 3 rings (SSSR count). The Bertz CT molecular complexity index is 480. The van der Waals surface area contributed by atoms with Gasteiger partial charge in [0.25, 0.3) is 0 Å². The van der Waals surface area contributed by atoms with Crippen LogP contribution >= 0.6 is 0 Å². The van der Waals surface area contributed by atoms with E-state index in [-0.39, 0.29) is 11.8 Å². The summed E-state index contributed by atoms with van der Waals surface area (Å²) < 4.78 is 5.93. The van der Waals surface area contributed by atoms with Crippen LogP contribution in [0.1, 0.15) is 32.6 Å². The molecule has 1 saturated heterocycles. The minimum Gasteiger partial charge on any atom is -0.490 e. The highest BCUT2D eigenvalue weighted by atomic mass is 16.5. The molecule has 1 aliphatic heterocycles. The van der Waals surface area contributed by atoms with Crippen molar-refractivity contribution in [2.45, 2.75) is 38.7 Å². The minimum absolute atomic E-state index is 0.0689. The third kappa shape index (κ3) is 3.56. The summed E-state index contributed by atoms with van der Waals surface area (Å²) in [6, 6.07) is 7.75. The molecular formula is C17H24N2O2. The van der Waals surface area contributed by atoms with E-state index in [0.29, 0.717) is 12.0 Å². The van der Waals surface area contributed by atoms with Crippen LogP contribution in [0.15, 0.2) is 24.3 Å². The zero-order valence-electron chi connectivity index (χ0n) is 12.6. The minimum atomic E-state index is 0.0689. The Labute approximate surface area is 126 Å². The van der Waals surface area contributed by atoms with Crippen LogP contribution in [-0.2, 0) is 4.79 Å². The fraction of sp³-hybridized carbons (Fsp3) is 0.588. The summed E-state index contributed by atoms with van der Waals surface area (Å²) in [4.78, 5) is 12.2. The van der Waals surface area contributed by atoms with Crippen LogP contribution < -0.4 is 15.4 Å². The van der Waals surface area contributed by atoms with Crippen LogP contribution in [0.5, 0.6) is 5.75 Å². The lowest BCUT2D eigenvalue weighted by Gasteiger charge is -2.15. The molecule has 1 aliphatic carbocycles. The van der Waals surface area contributed by atoms with Gasteiger partial charge in [-0.15, -0.1) is 0 Å². The lowest BCUT2D eigenvalue weighted by Crippen LogP contribution is -2.27. The van der Waals surface area contributed by atoms with E-state index < -0.39 is 0 Å². The molecule has 1 aromatic rings. The molecule has 21 heavy (non-hydrogen) atoms. The van der Waals surface area contributed by atoms with Gasteiger partial charge in [-0.2, -0.15) is 0 Å². The third-order valence-corrected chi connectivity index (χ3v) is 4.58. The highest BCUT2D eigenvalue weighted by molar-refractivity contribution is 5.93. The van der Waals surface area contributed by atoms with Gasteiger partial charge in [0.1, 0.15) is 5.75 Å². The first-order chi connectivity index (χ1) is 10.2. The Morgan fingerprint density at radius 3 is 2.52 bits per heavy atom. The number of hydrogen-bond donors (Lipinski definition) is 2. The topological polar surface area (TPSA) is 50.4 Å². The maximum absolute atomic E-state index is 12.2. The van der Waals surface area contributed by atoms with E-state index in [2.05, 4.69) is 17.6 Å². The van der Waals surface area contributed by atoms with Crippen LogP contribution in [0.2, 0.25) is 0 Å². The van der Waals surface area contributed by atoms with Gasteiger partial charge in [-0.05, 0) is 62.4 Å². The predicted octanol–water partition coefficient (Wildman–Crippen LogP) is 2.80. The van der Waals surface area contributed by atoms with Crippen molar-refractivity contribution in [2.75, 3.05) is 18.4 Å². The third-order valence-electron chi connectivity index (χ3n) is 4.58. The average Bonchev–Trinajstić information content (AvgIpc) is 3.12. The van der Waals surface area contributed by atoms with Crippen molar-refractivity contribution < 1.29 is 9.53 Å². The van der Waals surface area contributed by atoms with E-state index in [1.165, 1.54) is 12.8 Å². The summed E-state index contributed by atoms with van der Waals surface area (Å²) in [6.07, 6.45) is 5.23. The standard InChI is InChI=1S/C17H24N2O2/c1-12-10-18-11-16(12)17(20)19-13-6-8-15(9-7-13)21-14-4-2-3-5-14/h6-9,12,14,16,18H,2-5,10-11H2,1H3,(H,19,20)/t12-,16-/m1/s1. The molecule has 1 heterocycles. The van der Waals surface area contributed by atoms with Gasteiger partial charge in [-0.1, -0.05) is 6.92 Å². The van der Waals surface area contributed by atoms with Gasteiger partial charge < -0.3 is 15.4 Å². The van der Waals surface area contributed by atoms with E-state index in [0.717, 1.165) is 37.4 Å². The number of carbonyl (C=O) groups excluding carboxylic acids is 1. The van der Waals surface area contributed by atoms with Crippen molar-refractivity contribution in [1.82, 2.24) is 5.32 Å². The van der Waals surface area contributed by atoms with Gasteiger partial charge in [-0.25, -0.2) is 0 Å². The first-order valence-electron chi connectivity index (χ1n) is 8.00. The number of carbonyl (C=O) groups is 1. The Kier molecular flexibility index (Phi) is 4.44. The molecule has 0 bridgehead atoms. The first kappa shape index (κ1) is 14.4. The van der Waals surface area contributed by atoms with Crippen LogP contribution in [0.3, 0.4) is 0 Å². The van der Waals surface area contributed by atoms with Gasteiger partial charge in [0, 0.05) is 12.2 Å². The Hall–Kier alpha value is -1.55. The second-order valence-corrected chi connectivity index (χ2v) is 6.28. The van der Waals surface area contributed by atoms with Gasteiger partial charge in [0.2, 0.25) is 5.91 Å². The quantitative estimate of drug-likeness (QED) is 0.895. The molecule has 2 N–H and O–H groups in total. The molecule has 1 amide bonds. The van der Waals surface area contributed by atoms with Crippen LogP contribution in [0.4, 0.5) is 5.69 Å². The molecule has 0 spiro atoms. The summed E-state index contributed by atoms with van der Waals surface area (Å²) in [6.45, 7) is 3.81. The number of ether oxygens (including phenoxy) is 1. The first-order valence-corrected chi connectivity index (χ1v) is 8.00. The molecule has 2 fully saturated rings. The number of hydrogen-bond acceptors (Lipinski definition) is 3. The highest BCUT2D eigenvalue weighted by Crippen LogP contribution is 2.25. The molecule has 2 aliphatic rings. The van der Waals surface area contributed by atoms with Gasteiger partial charge >= 0.3 is 0 Å². The molecule has 1 saturated carbocycles. The molecule has 0 aromatic heterocycles. The van der Waals surface area contributed by atoms with Crippen molar-refractivity contribution >= 4 is 11.6 Å². The average molecular weight is 288 g/mol. The molecule has 4 heteroatoms. The number of anilines is 1. The van der Waals surface area contributed by atoms with Crippen molar-refractivity contribution in [1.29, 1.82) is 0 Å². The maximum Gasteiger partial charge on any atom is 0.229 e. The monoisotopic (exact) mass is 288 g/mol. The maximum atomic E-state index is 12.2. The Morgan fingerprint density at radius 2 is 1.90 bits per heavy atom. The second kappa shape index (κ2) is 6.48. The molecular weight excluding hydrogens is 264 g/mol. The van der Waals surface area contributed by atoms with Crippen molar-refractivity contribution in [2.24, 2.45) is 11.8 Å².